The molecule has 1 N–H and O–H groups in total. The van der Waals surface area contributed by atoms with Crippen LogP contribution in [0.3, 0.4) is 0 Å². The summed E-state index contributed by atoms with van der Waals surface area (Å²) >= 11 is 1.43. The predicted molar refractivity (Wildman–Crippen MR) is 134 cm³/mol. The largest absolute Gasteiger partial charge is 0.481 e. The summed E-state index contributed by atoms with van der Waals surface area (Å²) in [7, 11) is 0. The quantitative estimate of drug-likeness (QED) is 0.382. The zero-order valence-corrected chi connectivity index (χ0v) is 20.0. The summed E-state index contributed by atoms with van der Waals surface area (Å²) < 4.78 is 9.02. The van der Waals surface area contributed by atoms with Gasteiger partial charge in [0.25, 0.3) is 0 Å². The molecule has 5 aromatic rings. The summed E-state index contributed by atoms with van der Waals surface area (Å²) in [6.07, 6.45) is 1.49. The molecular formula is C26H24N4O3S. The Bertz CT molecular complexity index is 1600. The van der Waals surface area contributed by atoms with Gasteiger partial charge in [-0.3, -0.25) is 18.9 Å². The Morgan fingerprint density at radius 3 is 2.59 bits per heavy atom. The molecule has 3 heterocycles. The highest BCUT2D eigenvalue weighted by Gasteiger charge is 2.25. The second-order valence-corrected chi connectivity index (χ2v) is 9.47. The second-order valence-electron chi connectivity index (χ2n) is 8.66. The maximum atomic E-state index is 13.9. The molecule has 0 aliphatic carbocycles. The molecule has 0 unspecified atom stereocenters. The summed E-state index contributed by atoms with van der Waals surface area (Å²) in [5, 5.41) is 10.7. The first kappa shape index (κ1) is 22.0. The van der Waals surface area contributed by atoms with E-state index in [9.17, 15) is 14.7 Å². The van der Waals surface area contributed by atoms with E-state index in [1.165, 1.54) is 17.1 Å². The maximum absolute atomic E-state index is 13.9. The first-order valence-corrected chi connectivity index (χ1v) is 11.8. The molecular weight excluding hydrogens is 448 g/mol. The lowest BCUT2D eigenvalue weighted by molar-refractivity contribution is -0.137. The van der Waals surface area contributed by atoms with Gasteiger partial charge in [-0.05, 0) is 61.1 Å². The third-order valence-electron chi connectivity index (χ3n) is 6.14. The van der Waals surface area contributed by atoms with E-state index in [0.29, 0.717) is 11.0 Å². The van der Waals surface area contributed by atoms with Crippen LogP contribution in [0, 0.1) is 20.8 Å². The van der Waals surface area contributed by atoms with E-state index in [2.05, 4.69) is 35.3 Å². The minimum Gasteiger partial charge on any atom is -0.481 e. The van der Waals surface area contributed by atoms with Crippen LogP contribution < -0.4 is 5.69 Å². The van der Waals surface area contributed by atoms with Gasteiger partial charge in [-0.15, -0.1) is 0 Å². The van der Waals surface area contributed by atoms with Gasteiger partial charge in [0.15, 0.2) is 0 Å². The highest BCUT2D eigenvalue weighted by atomic mass is 32.1. The van der Waals surface area contributed by atoms with Gasteiger partial charge in [-0.25, -0.2) is 4.79 Å². The van der Waals surface area contributed by atoms with E-state index in [1.807, 2.05) is 43.3 Å². The summed E-state index contributed by atoms with van der Waals surface area (Å²) in [4.78, 5) is 30.1. The minimum absolute atomic E-state index is 0.206. The topological polar surface area (TPSA) is 90.0 Å². The molecule has 34 heavy (non-hydrogen) atoms. The van der Waals surface area contributed by atoms with E-state index in [-0.39, 0.29) is 18.7 Å². The molecule has 3 aromatic heterocycles. The number of carbonyl (C=O) groups is 1. The number of hydrogen-bond donors (Lipinski definition) is 1. The van der Waals surface area contributed by atoms with Crippen molar-refractivity contribution in [1.29, 1.82) is 0 Å². The number of carboxylic acid groups (broad SMARTS) is 1. The molecule has 2 aromatic carbocycles. The van der Waals surface area contributed by atoms with Crippen LogP contribution in [0.2, 0.25) is 0 Å². The summed E-state index contributed by atoms with van der Waals surface area (Å²) in [6.45, 7) is 6.26. The van der Waals surface area contributed by atoms with Crippen LogP contribution in [0.1, 0.15) is 40.5 Å². The number of nitrogens with zero attached hydrogens (tertiary/aromatic N) is 4. The van der Waals surface area contributed by atoms with Crippen molar-refractivity contribution >= 4 is 38.6 Å². The van der Waals surface area contributed by atoms with Crippen molar-refractivity contribution in [2.75, 3.05) is 0 Å². The summed E-state index contributed by atoms with van der Waals surface area (Å²) in [6, 6.07) is 14.7. The van der Waals surface area contributed by atoms with E-state index in [4.69, 9.17) is 0 Å². The lowest BCUT2D eigenvalue weighted by atomic mass is 10.0. The molecule has 0 fully saturated rings. The number of carboxylic acids is 1. The SMILES string of the molecule is Cc1cc(C)c2c(Cn3c(=O)n([C@H](CC(=O)O)c4ccccc4)c4cc(C)ncc43)nsc2c1. The van der Waals surface area contributed by atoms with Crippen LogP contribution in [0.4, 0.5) is 0 Å². The molecule has 0 saturated carbocycles. The zero-order chi connectivity index (χ0) is 24.0. The van der Waals surface area contributed by atoms with Gasteiger partial charge in [0.1, 0.15) is 0 Å². The van der Waals surface area contributed by atoms with Crippen molar-refractivity contribution in [3.05, 3.63) is 93.3 Å². The van der Waals surface area contributed by atoms with E-state index in [1.54, 1.807) is 15.3 Å². The molecule has 0 bridgehead atoms. The van der Waals surface area contributed by atoms with Crippen LogP contribution >= 0.6 is 11.5 Å². The van der Waals surface area contributed by atoms with E-state index >= 15 is 0 Å². The van der Waals surface area contributed by atoms with Crippen molar-refractivity contribution in [3.8, 4) is 0 Å². The average molecular weight is 473 g/mol. The van der Waals surface area contributed by atoms with E-state index < -0.39 is 12.0 Å². The standard InChI is InChI=1S/C26H24N4O3S/c1-15-9-16(2)25-19(28-34-23(25)10-15)14-29-22-13-27-17(3)11-21(22)30(26(29)33)20(12-24(31)32)18-7-5-4-6-8-18/h4-11,13,20H,12,14H2,1-3H3,(H,31,32)/t20-/m1/s1. The highest BCUT2D eigenvalue weighted by molar-refractivity contribution is 7.13. The lowest BCUT2D eigenvalue weighted by Gasteiger charge is -2.17. The van der Waals surface area contributed by atoms with E-state index in [0.717, 1.165) is 32.6 Å². The van der Waals surface area contributed by atoms with Crippen molar-refractivity contribution in [1.82, 2.24) is 18.5 Å². The number of aliphatic carboxylic acids is 1. The molecule has 5 rings (SSSR count). The van der Waals surface area contributed by atoms with Gasteiger partial charge in [-0.1, -0.05) is 36.4 Å². The van der Waals surface area contributed by atoms with Gasteiger partial charge >= 0.3 is 11.7 Å². The fourth-order valence-corrected chi connectivity index (χ4v) is 5.67. The first-order valence-electron chi connectivity index (χ1n) is 11.0. The fraction of sp³-hybridized carbons (Fsp3) is 0.231. The van der Waals surface area contributed by atoms with Gasteiger partial charge in [0, 0.05) is 11.1 Å². The van der Waals surface area contributed by atoms with Gasteiger partial charge in [-0.2, -0.15) is 4.37 Å². The monoisotopic (exact) mass is 472 g/mol. The van der Waals surface area contributed by atoms with Crippen molar-refractivity contribution < 1.29 is 9.90 Å². The van der Waals surface area contributed by atoms with Gasteiger partial charge in [0.2, 0.25) is 0 Å². The molecule has 0 amide bonds. The molecule has 0 saturated heterocycles. The Balaban J connectivity index is 1.73. The number of hydrogen-bond acceptors (Lipinski definition) is 5. The number of imidazole rings is 1. The Kier molecular flexibility index (Phi) is 5.53. The second kappa shape index (κ2) is 8.53. The fourth-order valence-electron chi connectivity index (χ4n) is 4.71. The van der Waals surface area contributed by atoms with Crippen molar-refractivity contribution in [3.63, 3.8) is 0 Å². The van der Waals surface area contributed by atoms with Crippen LogP contribution in [0.15, 0.2) is 59.5 Å². The Morgan fingerprint density at radius 2 is 1.85 bits per heavy atom. The molecule has 7 nitrogen and oxygen atoms in total. The normalized spacial score (nSPS) is 12.4. The van der Waals surface area contributed by atoms with Crippen LogP contribution in [-0.4, -0.2) is 29.6 Å². The number of aromatic nitrogens is 4. The van der Waals surface area contributed by atoms with Crippen LogP contribution in [0.25, 0.3) is 21.1 Å². The third-order valence-corrected chi connectivity index (χ3v) is 6.97. The molecule has 0 spiro atoms. The Morgan fingerprint density at radius 1 is 1.09 bits per heavy atom. The number of benzene rings is 2. The van der Waals surface area contributed by atoms with Crippen molar-refractivity contribution in [2.24, 2.45) is 0 Å². The summed E-state index contributed by atoms with van der Waals surface area (Å²) in [5.41, 5.74) is 5.70. The molecule has 1 atom stereocenters. The first-order chi connectivity index (χ1) is 16.3. The zero-order valence-electron chi connectivity index (χ0n) is 19.1. The Hall–Kier alpha value is -3.78. The predicted octanol–water partition coefficient (Wildman–Crippen LogP) is 4.85. The number of rotatable bonds is 6. The molecule has 0 aliphatic rings. The highest BCUT2D eigenvalue weighted by Crippen LogP contribution is 2.30. The Labute approximate surface area is 200 Å². The lowest BCUT2D eigenvalue weighted by Crippen LogP contribution is -2.29. The van der Waals surface area contributed by atoms with Crippen LogP contribution in [0.5, 0.6) is 0 Å². The van der Waals surface area contributed by atoms with Gasteiger partial charge < -0.3 is 5.11 Å². The smallest absolute Gasteiger partial charge is 0.330 e. The molecule has 172 valence electrons. The summed E-state index contributed by atoms with van der Waals surface area (Å²) in [5.74, 6) is -0.969. The van der Waals surface area contributed by atoms with Crippen LogP contribution in [-0.2, 0) is 11.3 Å². The molecule has 8 heteroatoms. The molecule has 0 aliphatic heterocycles. The minimum atomic E-state index is -0.969. The number of aryl methyl sites for hydroxylation is 3. The molecule has 0 radical (unpaired) electrons. The van der Waals surface area contributed by atoms with Gasteiger partial charge in [0.05, 0.1) is 46.6 Å². The maximum Gasteiger partial charge on any atom is 0.330 e. The third kappa shape index (κ3) is 3.80. The number of fused-ring (bicyclic) bond motifs is 2. The average Bonchev–Trinajstić information content (AvgIpc) is 3.31. The van der Waals surface area contributed by atoms with Crippen molar-refractivity contribution in [2.45, 2.75) is 39.8 Å². The number of pyridine rings is 1.